The zero-order chi connectivity index (χ0) is 20.6. The van der Waals surface area contributed by atoms with Gasteiger partial charge in [-0.05, 0) is 66.4 Å². The number of phenolic OH excluding ortho intramolecular Hbond substituents is 1. The highest BCUT2D eigenvalue weighted by molar-refractivity contribution is 6.00. The molecule has 0 saturated carbocycles. The Labute approximate surface area is 159 Å². The van der Waals surface area contributed by atoms with Crippen LogP contribution in [0, 0.1) is 37.1 Å². The molecule has 0 bridgehead atoms. The van der Waals surface area contributed by atoms with Crippen LogP contribution in [-0.4, -0.2) is 10.9 Å². The monoisotopic (exact) mass is 388 g/mol. The van der Waals surface area contributed by atoms with E-state index in [1.54, 1.807) is 19.9 Å². The van der Waals surface area contributed by atoms with Gasteiger partial charge in [0.15, 0.2) is 29.0 Å². The van der Waals surface area contributed by atoms with Crippen LogP contribution in [0.3, 0.4) is 0 Å². The maximum absolute atomic E-state index is 14.0. The fraction of sp³-hybridized carbons (Fsp3) is 0.136. The molecule has 0 spiro atoms. The number of ketones is 1. The van der Waals surface area contributed by atoms with Crippen molar-refractivity contribution in [2.24, 2.45) is 0 Å². The average molecular weight is 388 g/mol. The van der Waals surface area contributed by atoms with Gasteiger partial charge in [-0.15, -0.1) is 0 Å². The lowest BCUT2D eigenvalue weighted by atomic mass is 9.91. The van der Waals surface area contributed by atoms with Gasteiger partial charge < -0.3 is 5.11 Å². The summed E-state index contributed by atoms with van der Waals surface area (Å²) in [5, 5.41) is 9.43. The Hall–Kier alpha value is -3.15. The van der Waals surface area contributed by atoms with Crippen molar-refractivity contribution in [3.05, 3.63) is 88.0 Å². The second kappa shape index (κ2) is 7.46. The van der Waals surface area contributed by atoms with Gasteiger partial charge >= 0.3 is 0 Å². The summed E-state index contributed by atoms with van der Waals surface area (Å²) < 4.78 is 54.7. The number of carbonyl (C=O) groups is 1. The maximum atomic E-state index is 14.0. The summed E-state index contributed by atoms with van der Waals surface area (Å²) in [5.41, 5.74) is 1.84. The minimum Gasteiger partial charge on any atom is -0.505 e. The van der Waals surface area contributed by atoms with E-state index in [4.69, 9.17) is 0 Å². The summed E-state index contributed by atoms with van der Waals surface area (Å²) in [5.74, 6) is -5.43. The molecule has 0 aliphatic heterocycles. The smallest absolute Gasteiger partial charge is 0.171 e. The first-order valence-corrected chi connectivity index (χ1v) is 8.44. The predicted molar refractivity (Wildman–Crippen MR) is 97.3 cm³/mol. The Balaban J connectivity index is 2.04. The van der Waals surface area contributed by atoms with Crippen molar-refractivity contribution >= 4 is 5.78 Å². The highest BCUT2D eigenvalue weighted by Crippen LogP contribution is 2.29. The minimum atomic E-state index is -1.18. The fourth-order valence-corrected chi connectivity index (χ4v) is 2.99. The lowest BCUT2D eigenvalue weighted by Crippen LogP contribution is -2.10. The average Bonchev–Trinajstić information content (AvgIpc) is 2.66. The highest BCUT2D eigenvalue weighted by Gasteiger charge is 2.20. The molecule has 0 heterocycles. The predicted octanol–water partition coefficient (Wildman–Crippen LogP) is 5.66. The van der Waals surface area contributed by atoms with E-state index in [1.165, 1.54) is 12.1 Å². The standard InChI is InChI=1S/C22H16F4O2/c1-11-7-14(13-3-4-18(24)19(25)9-13)8-15(12(11)2)21(28)10-16-17(23)5-6-20(27)22(16)26/h3-9,27H,10H2,1-2H3. The van der Waals surface area contributed by atoms with Crippen LogP contribution >= 0.6 is 0 Å². The van der Waals surface area contributed by atoms with E-state index >= 15 is 0 Å². The fourth-order valence-electron chi connectivity index (χ4n) is 2.99. The molecule has 1 N–H and O–H groups in total. The highest BCUT2D eigenvalue weighted by atomic mass is 19.2. The van der Waals surface area contributed by atoms with E-state index in [2.05, 4.69) is 0 Å². The van der Waals surface area contributed by atoms with E-state index in [1.807, 2.05) is 0 Å². The van der Waals surface area contributed by atoms with Crippen molar-refractivity contribution in [3.8, 4) is 16.9 Å². The molecule has 3 aromatic rings. The number of phenols is 1. The Morgan fingerprint density at radius 3 is 2.21 bits per heavy atom. The molecule has 28 heavy (non-hydrogen) atoms. The van der Waals surface area contributed by atoms with E-state index in [0.717, 1.165) is 24.3 Å². The van der Waals surface area contributed by atoms with Gasteiger partial charge in [-0.25, -0.2) is 17.6 Å². The molecule has 0 unspecified atom stereocenters. The van der Waals surface area contributed by atoms with E-state index in [0.29, 0.717) is 22.3 Å². The third-order valence-electron chi connectivity index (χ3n) is 4.72. The number of Topliss-reactive ketones (excluding diaryl/α,β-unsaturated/α-hetero) is 1. The molecule has 0 fully saturated rings. The van der Waals surface area contributed by atoms with Crippen molar-refractivity contribution in [3.63, 3.8) is 0 Å². The number of halogens is 4. The minimum absolute atomic E-state index is 0.210. The van der Waals surface area contributed by atoms with Gasteiger partial charge in [-0.3, -0.25) is 4.79 Å². The summed E-state index contributed by atoms with van der Waals surface area (Å²) in [6.45, 7) is 3.43. The van der Waals surface area contributed by atoms with Gasteiger partial charge in [0.1, 0.15) is 5.82 Å². The number of hydrogen-bond acceptors (Lipinski definition) is 2. The van der Waals surface area contributed by atoms with Crippen molar-refractivity contribution in [2.45, 2.75) is 20.3 Å². The number of carbonyl (C=O) groups excluding carboxylic acids is 1. The lowest BCUT2D eigenvalue weighted by Gasteiger charge is -2.13. The molecule has 6 heteroatoms. The Bertz CT molecular complexity index is 1090. The summed E-state index contributed by atoms with van der Waals surface area (Å²) in [6, 6.07) is 8.34. The van der Waals surface area contributed by atoms with Crippen LogP contribution in [-0.2, 0) is 6.42 Å². The third kappa shape index (κ3) is 3.63. The first kappa shape index (κ1) is 19.6. The van der Waals surface area contributed by atoms with Gasteiger partial charge in [0.2, 0.25) is 0 Å². The second-order valence-corrected chi connectivity index (χ2v) is 6.55. The SMILES string of the molecule is Cc1cc(-c2ccc(F)c(F)c2)cc(C(=O)Cc2c(F)ccc(O)c2F)c1C. The summed E-state index contributed by atoms with van der Waals surface area (Å²) in [7, 11) is 0. The van der Waals surface area contributed by atoms with Crippen LogP contribution in [0.5, 0.6) is 5.75 Å². The molecule has 0 amide bonds. The molecule has 0 atom stereocenters. The Morgan fingerprint density at radius 1 is 0.857 bits per heavy atom. The van der Waals surface area contributed by atoms with Crippen LogP contribution < -0.4 is 0 Å². The molecule has 144 valence electrons. The van der Waals surface area contributed by atoms with E-state index in [-0.39, 0.29) is 5.56 Å². The summed E-state index contributed by atoms with van der Waals surface area (Å²) in [6.07, 6.45) is -0.590. The van der Waals surface area contributed by atoms with Gasteiger partial charge in [-0.1, -0.05) is 12.1 Å². The molecule has 0 aliphatic rings. The number of rotatable bonds is 4. The van der Waals surface area contributed by atoms with Crippen molar-refractivity contribution in [2.75, 3.05) is 0 Å². The molecule has 3 aromatic carbocycles. The zero-order valence-electron chi connectivity index (χ0n) is 15.1. The molecule has 0 saturated heterocycles. The second-order valence-electron chi connectivity index (χ2n) is 6.55. The number of aromatic hydroxyl groups is 1. The van der Waals surface area contributed by atoms with Gasteiger partial charge in [0, 0.05) is 17.5 Å². The zero-order valence-corrected chi connectivity index (χ0v) is 15.1. The van der Waals surface area contributed by atoms with Gasteiger partial charge in [0.25, 0.3) is 0 Å². The van der Waals surface area contributed by atoms with Crippen molar-refractivity contribution in [1.82, 2.24) is 0 Å². The topological polar surface area (TPSA) is 37.3 Å². The summed E-state index contributed by atoms with van der Waals surface area (Å²) >= 11 is 0. The van der Waals surface area contributed by atoms with Crippen LogP contribution in [0.4, 0.5) is 17.6 Å². The van der Waals surface area contributed by atoms with Gasteiger partial charge in [0.05, 0.1) is 0 Å². The molecular weight excluding hydrogens is 372 g/mol. The number of aryl methyl sites for hydroxylation is 1. The molecule has 2 nitrogen and oxygen atoms in total. The van der Waals surface area contributed by atoms with E-state index < -0.39 is 46.8 Å². The molecular formula is C22H16F4O2. The van der Waals surface area contributed by atoms with Crippen LogP contribution in [0.15, 0.2) is 42.5 Å². The van der Waals surface area contributed by atoms with Gasteiger partial charge in [-0.2, -0.15) is 0 Å². The molecule has 0 aliphatic carbocycles. The normalized spacial score (nSPS) is 10.9. The lowest BCUT2D eigenvalue weighted by molar-refractivity contribution is 0.0990. The molecule has 3 rings (SSSR count). The quantitative estimate of drug-likeness (QED) is 0.463. The number of benzene rings is 3. The molecule has 0 aromatic heterocycles. The number of hydrogen-bond donors (Lipinski definition) is 1. The maximum Gasteiger partial charge on any atom is 0.171 e. The first-order chi connectivity index (χ1) is 13.2. The first-order valence-electron chi connectivity index (χ1n) is 8.44. The Morgan fingerprint density at radius 2 is 1.54 bits per heavy atom. The molecule has 0 radical (unpaired) electrons. The largest absolute Gasteiger partial charge is 0.505 e. The van der Waals surface area contributed by atoms with E-state index in [9.17, 15) is 27.5 Å². The van der Waals surface area contributed by atoms with Crippen LogP contribution in [0.2, 0.25) is 0 Å². The van der Waals surface area contributed by atoms with Crippen molar-refractivity contribution in [1.29, 1.82) is 0 Å². The van der Waals surface area contributed by atoms with Crippen LogP contribution in [0.25, 0.3) is 11.1 Å². The Kier molecular flexibility index (Phi) is 5.23. The third-order valence-corrected chi connectivity index (χ3v) is 4.72. The van der Waals surface area contributed by atoms with Crippen LogP contribution in [0.1, 0.15) is 27.0 Å². The van der Waals surface area contributed by atoms with Crippen molar-refractivity contribution < 1.29 is 27.5 Å². The summed E-state index contributed by atoms with van der Waals surface area (Å²) in [4.78, 5) is 12.8.